The van der Waals surface area contributed by atoms with E-state index >= 15 is 0 Å². The molecule has 3 heterocycles. The highest BCUT2D eigenvalue weighted by Crippen LogP contribution is 2.42. The minimum atomic E-state index is 0.0766. The third kappa shape index (κ3) is 2.70. The van der Waals surface area contributed by atoms with Crippen LogP contribution in [0.1, 0.15) is 33.1 Å². The Morgan fingerprint density at radius 3 is 2.79 bits per heavy atom. The van der Waals surface area contributed by atoms with Gasteiger partial charge in [-0.05, 0) is 41.6 Å². The molecule has 4 rings (SSSR count). The average Bonchev–Trinajstić information content (AvgIpc) is 3.31. The molecule has 0 aliphatic carbocycles. The highest BCUT2D eigenvalue weighted by atomic mass is 32.1. The highest BCUT2D eigenvalue weighted by molar-refractivity contribution is 7.10. The number of rotatable bonds is 4. The Morgan fingerprint density at radius 2 is 2.04 bits per heavy atom. The summed E-state index contributed by atoms with van der Waals surface area (Å²) in [4.78, 5) is 5.85. The van der Waals surface area contributed by atoms with Gasteiger partial charge in [-0.25, -0.2) is 4.98 Å². The Kier molecular flexibility index (Phi) is 4.26. The Balaban J connectivity index is 1.79. The van der Waals surface area contributed by atoms with Crippen molar-refractivity contribution in [2.45, 2.75) is 18.5 Å². The van der Waals surface area contributed by atoms with Crippen LogP contribution in [-0.2, 0) is 6.42 Å². The van der Waals surface area contributed by atoms with Crippen molar-refractivity contribution in [2.75, 3.05) is 14.2 Å². The summed E-state index contributed by atoms with van der Waals surface area (Å²) in [7, 11) is 3.40. The molecule has 0 fully saturated rings. The minimum Gasteiger partial charge on any atom is -0.497 e. The summed E-state index contributed by atoms with van der Waals surface area (Å²) in [5.41, 5.74) is 2.48. The van der Waals surface area contributed by atoms with E-state index < -0.39 is 0 Å². The lowest BCUT2D eigenvalue weighted by Crippen LogP contribution is -2.33. The molecule has 2 aromatic heterocycles. The third-order valence-corrected chi connectivity index (χ3v) is 6.25. The van der Waals surface area contributed by atoms with Gasteiger partial charge in [0.2, 0.25) is 0 Å². The highest BCUT2D eigenvalue weighted by Gasteiger charge is 2.32. The molecule has 0 unspecified atom stereocenters. The summed E-state index contributed by atoms with van der Waals surface area (Å²) >= 11 is 3.48. The number of hydrogen-bond acceptors (Lipinski definition) is 6. The number of thiophene rings is 1. The lowest BCUT2D eigenvalue weighted by molar-refractivity contribution is 0.385. The maximum absolute atomic E-state index is 5.61. The van der Waals surface area contributed by atoms with Crippen LogP contribution in [0.4, 0.5) is 0 Å². The maximum Gasteiger partial charge on any atom is 0.124 e. The molecule has 1 aliphatic rings. The number of nitrogens with zero attached hydrogens (tertiary/aromatic N) is 1. The van der Waals surface area contributed by atoms with Gasteiger partial charge in [0, 0.05) is 22.0 Å². The van der Waals surface area contributed by atoms with E-state index in [9.17, 15) is 0 Å². The van der Waals surface area contributed by atoms with Crippen LogP contribution in [0.15, 0.2) is 41.2 Å². The van der Waals surface area contributed by atoms with Gasteiger partial charge < -0.3 is 9.47 Å². The Bertz CT molecular complexity index is 829. The van der Waals surface area contributed by atoms with Crippen LogP contribution in [-0.4, -0.2) is 19.2 Å². The van der Waals surface area contributed by atoms with E-state index in [1.807, 2.05) is 23.7 Å². The summed E-state index contributed by atoms with van der Waals surface area (Å²) in [5, 5.41) is 9.08. The fourth-order valence-corrected chi connectivity index (χ4v) is 4.90. The first-order valence-electron chi connectivity index (χ1n) is 7.73. The summed E-state index contributed by atoms with van der Waals surface area (Å²) in [6, 6.07) is 8.47. The van der Waals surface area contributed by atoms with Crippen LogP contribution < -0.4 is 14.8 Å². The van der Waals surface area contributed by atoms with Crippen LogP contribution in [0.5, 0.6) is 11.5 Å². The van der Waals surface area contributed by atoms with E-state index in [0.717, 1.165) is 28.5 Å². The Hall–Kier alpha value is -1.89. The zero-order valence-corrected chi connectivity index (χ0v) is 15.1. The molecule has 0 saturated heterocycles. The number of fused-ring (bicyclic) bond motifs is 1. The number of ether oxygens (including phenoxy) is 2. The number of nitrogens with one attached hydrogen (secondary N) is 1. The van der Waals surface area contributed by atoms with E-state index in [1.165, 1.54) is 10.4 Å². The van der Waals surface area contributed by atoms with Crippen LogP contribution in [0.3, 0.4) is 0 Å². The Labute approximate surface area is 149 Å². The molecule has 124 valence electrons. The van der Waals surface area contributed by atoms with Crippen molar-refractivity contribution < 1.29 is 9.47 Å². The normalized spacial score (nSPS) is 19.8. The van der Waals surface area contributed by atoms with Crippen LogP contribution in [0, 0.1) is 0 Å². The van der Waals surface area contributed by atoms with E-state index in [0.29, 0.717) is 0 Å². The van der Waals surface area contributed by atoms with E-state index in [2.05, 4.69) is 27.8 Å². The third-order valence-electron chi connectivity index (χ3n) is 4.33. The number of hydrogen-bond donors (Lipinski definition) is 1. The molecular weight excluding hydrogens is 340 g/mol. The van der Waals surface area contributed by atoms with Crippen molar-refractivity contribution in [3.05, 3.63) is 62.2 Å². The summed E-state index contributed by atoms with van der Waals surface area (Å²) in [6.07, 6.45) is 2.83. The van der Waals surface area contributed by atoms with E-state index in [1.54, 1.807) is 36.9 Å². The second kappa shape index (κ2) is 6.55. The summed E-state index contributed by atoms with van der Waals surface area (Å²) in [5.74, 6) is 1.70. The predicted octanol–water partition coefficient (Wildman–Crippen LogP) is 4.20. The van der Waals surface area contributed by atoms with Gasteiger partial charge in [0.25, 0.3) is 0 Å². The van der Waals surface area contributed by atoms with Gasteiger partial charge in [0.15, 0.2) is 0 Å². The SMILES string of the molecule is COc1ccc(OC)c([C@@H]2N[C@H](c3nccs3)Cc3ccsc32)c1. The quantitative estimate of drug-likeness (QED) is 0.759. The van der Waals surface area contributed by atoms with Gasteiger partial charge in [-0.1, -0.05) is 0 Å². The lowest BCUT2D eigenvalue weighted by atomic mass is 9.92. The standard InChI is InChI=1S/C18H18N2O2S2/c1-21-12-3-4-15(22-2)13(10-12)16-17-11(5-7-23-17)9-14(20-16)18-19-6-8-24-18/h3-8,10,14,16,20H,9H2,1-2H3/t14-,16-/m0/s1. The molecule has 24 heavy (non-hydrogen) atoms. The molecule has 1 N–H and O–H groups in total. The maximum atomic E-state index is 5.61. The van der Waals surface area contributed by atoms with Gasteiger partial charge in [0.1, 0.15) is 16.5 Å². The molecule has 2 atom stereocenters. The van der Waals surface area contributed by atoms with Crippen molar-refractivity contribution in [2.24, 2.45) is 0 Å². The van der Waals surface area contributed by atoms with Gasteiger partial charge in [-0.3, -0.25) is 5.32 Å². The lowest BCUT2D eigenvalue weighted by Gasteiger charge is -2.31. The van der Waals surface area contributed by atoms with Crippen molar-refractivity contribution in [1.29, 1.82) is 0 Å². The first-order valence-corrected chi connectivity index (χ1v) is 9.49. The van der Waals surface area contributed by atoms with Crippen molar-refractivity contribution in [3.8, 4) is 11.5 Å². The topological polar surface area (TPSA) is 43.4 Å². The second-order valence-electron chi connectivity index (χ2n) is 5.64. The van der Waals surface area contributed by atoms with Gasteiger partial charge in [-0.2, -0.15) is 0 Å². The molecule has 0 spiro atoms. The van der Waals surface area contributed by atoms with Gasteiger partial charge in [0.05, 0.1) is 26.3 Å². The second-order valence-corrected chi connectivity index (χ2v) is 7.52. The van der Waals surface area contributed by atoms with Gasteiger partial charge in [-0.15, -0.1) is 22.7 Å². The van der Waals surface area contributed by atoms with Crippen molar-refractivity contribution in [3.63, 3.8) is 0 Å². The molecule has 1 aliphatic heterocycles. The molecule has 0 radical (unpaired) electrons. The molecule has 6 heteroatoms. The zero-order valence-electron chi connectivity index (χ0n) is 13.5. The number of thiazole rings is 1. The molecule has 4 nitrogen and oxygen atoms in total. The molecule has 3 aromatic rings. The van der Waals surface area contributed by atoms with Crippen molar-refractivity contribution in [1.82, 2.24) is 10.3 Å². The van der Waals surface area contributed by atoms with Crippen molar-refractivity contribution >= 4 is 22.7 Å². The van der Waals surface area contributed by atoms with Crippen LogP contribution in [0.2, 0.25) is 0 Å². The van der Waals surface area contributed by atoms with Crippen LogP contribution in [0.25, 0.3) is 0 Å². The van der Waals surface area contributed by atoms with E-state index in [4.69, 9.17) is 9.47 Å². The monoisotopic (exact) mass is 358 g/mol. The zero-order chi connectivity index (χ0) is 16.5. The molecular formula is C18H18N2O2S2. The number of methoxy groups -OCH3 is 2. The number of aromatic nitrogens is 1. The summed E-state index contributed by atoms with van der Waals surface area (Å²) in [6.45, 7) is 0. The fraction of sp³-hybridized carbons (Fsp3) is 0.278. The largest absolute Gasteiger partial charge is 0.497 e. The first kappa shape index (κ1) is 15.6. The molecule has 0 bridgehead atoms. The minimum absolute atomic E-state index is 0.0766. The number of benzene rings is 1. The van der Waals surface area contributed by atoms with Gasteiger partial charge >= 0.3 is 0 Å². The smallest absolute Gasteiger partial charge is 0.124 e. The van der Waals surface area contributed by atoms with E-state index in [-0.39, 0.29) is 12.1 Å². The van der Waals surface area contributed by atoms with Crippen LogP contribution >= 0.6 is 22.7 Å². The predicted molar refractivity (Wildman–Crippen MR) is 97.4 cm³/mol. The fourth-order valence-electron chi connectivity index (χ4n) is 3.19. The summed E-state index contributed by atoms with van der Waals surface area (Å²) < 4.78 is 11.0. The molecule has 1 aromatic carbocycles. The molecule has 0 saturated carbocycles. The Morgan fingerprint density at radius 1 is 1.12 bits per heavy atom. The molecule has 0 amide bonds. The first-order chi connectivity index (χ1) is 11.8. The average molecular weight is 358 g/mol.